The normalized spacial score (nSPS) is 11.6. The molecule has 2 amide bonds. The molecule has 0 aromatic heterocycles. The highest BCUT2D eigenvalue weighted by Gasteiger charge is 2.13. The Labute approximate surface area is 182 Å². The molecule has 5 nitrogen and oxygen atoms in total. The average Bonchev–Trinajstić information content (AvgIpc) is 2.81. The summed E-state index contributed by atoms with van der Waals surface area (Å²) in [6, 6.07) is 26.4. The van der Waals surface area contributed by atoms with E-state index in [2.05, 4.69) is 10.6 Å². The van der Waals surface area contributed by atoms with Crippen LogP contribution in [0.3, 0.4) is 0 Å². The lowest BCUT2D eigenvalue weighted by molar-refractivity contribution is -0.126. The number of hydrogen-bond acceptors (Lipinski definition) is 3. The van der Waals surface area contributed by atoms with Crippen LogP contribution >= 0.6 is 0 Å². The van der Waals surface area contributed by atoms with Crippen LogP contribution in [-0.2, 0) is 22.7 Å². The molecule has 1 atom stereocenters. The summed E-state index contributed by atoms with van der Waals surface area (Å²) >= 11 is 0. The van der Waals surface area contributed by atoms with Gasteiger partial charge in [-0.25, -0.2) is 0 Å². The van der Waals surface area contributed by atoms with Gasteiger partial charge in [0, 0.05) is 12.6 Å². The standard InChI is InChI=1S/C26H26N2O3/c1-20(26(30)27-18-22-9-4-2-5-10-22)28-25(29)16-15-21-13-8-14-24(17-21)31-19-23-11-6-3-7-12-23/h2-17,20H,18-19H2,1H3,(H,27,30)(H,28,29)/b16-15+. The van der Waals surface area contributed by atoms with Crippen molar-refractivity contribution in [2.45, 2.75) is 26.1 Å². The van der Waals surface area contributed by atoms with Gasteiger partial charge in [0.25, 0.3) is 0 Å². The van der Waals surface area contributed by atoms with Gasteiger partial charge in [-0.05, 0) is 41.8 Å². The quantitative estimate of drug-likeness (QED) is 0.518. The van der Waals surface area contributed by atoms with Gasteiger partial charge in [-0.3, -0.25) is 9.59 Å². The highest BCUT2D eigenvalue weighted by Crippen LogP contribution is 2.16. The molecule has 5 heteroatoms. The molecule has 0 radical (unpaired) electrons. The summed E-state index contributed by atoms with van der Waals surface area (Å²) in [6.07, 6.45) is 3.11. The Morgan fingerprint density at radius 1 is 0.903 bits per heavy atom. The van der Waals surface area contributed by atoms with Gasteiger partial charge in [0.05, 0.1) is 0 Å². The summed E-state index contributed by atoms with van der Waals surface area (Å²) in [5.74, 6) is 0.153. The fourth-order valence-electron chi connectivity index (χ4n) is 2.89. The predicted octanol–water partition coefficient (Wildman–Crippen LogP) is 4.10. The topological polar surface area (TPSA) is 67.4 Å². The second-order valence-electron chi connectivity index (χ2n) is 7.11. The van der Waals surface area contributed by atoms with E-state index in [-0.39, 0.29) is 11.8 Å². The first-order valence-corrected chi connectivity index (χ1v) is 10.2. The zero-order chi connectivity index (χ0) is 21.9. The van der Waals surface area contributed by atoms with Crippen molar-refractivity contribution >= 4 is 17.9 Å². The molecule has 0 aliphatic rings. The molecule has 0 saturated carbocycles. The van der Waals surface area contributed by atoms with Crippen LogP contribution in [0.2, 0.25) is 0 Å². The van der Waals surface area contributed by atoms with Crippen molar-refractivity contribution in [1.82, 2.24) is 10.6 Å². The number of benzene rings is 3. The number of carbonyl (C=O) groups is 2. The molecule has 158 valence electrons. The third kappa shape index (κ3) is 7.48. The van der Waals surface area contributed by atoms with Gasteiger partial charge in [-0.2, -0.15) is 0 Å². The van der Waals surface area contributed by atoms with Gasteiger partial charge in [-0.15, -0.1) is 0 Å². The average molecular weight is 415 g/mol. The van der Waals surface area contributed by atoms with Crippen molar-refractivity contribution in [3.8, 4) is 5.75 Å². The van der Waals surface area contributed by atoms with Crippen LogP contribution in [0.1, 0.15) is 23.6 Å². The largest absolute Gasteiger partial charge is 0.489 e. The first-order chi connectivity index (χ1) is 15.1. The molecule has 2 N–H and O–H groups in total. The van der Waals surface area contributed by atoms with Crippen LogP contribution in [0, 0.1) is 0 Å². The fraction of sp³-hybridized carbons (Fsp3) is 0.154. The van der Waals surface area contributed by atoms with Crippen LogP contribution in [0.4, 0.5) is 0 Å². The van der Waals surface area contributed by atoms with E-state index in [9.17, 15) is 9.59 Å². The lowest BCUT2D eigenvalue weighted by Gasteiger charge is -2.13. The van der Waals surface area contributed by atoms with Gasteiger partial charge in [0.2, 0.25) is 11.8 Å². The third-order valence-electron chi connectivity index (χ3n) is 4.60. The maximum Gasteiger partial charge on any atom is 0.244 e. The third-order valence-corrected chi connectivity index (χ3v) is 4.60. The minimum atomic E-state index is -0.638. The first-order valence-electron chi connectivity index (χ1n) is 10.2. The molecular weight excluding hydrogens is 388 g/mol. The van der Waals surface area contributed by atoms with Crippen LogP contribution in [-0.4, -0.2) is 17.9 Å². The summed E-state index contributed by atoms with van der Waals surface area (Å²) < 4.78 is 5.81. The molecule has 3 rings (SSSR count). The molecule has 1 unspecified atom stereocenters. The van der Waals surface area contributed by atoms with Crippen molar-refractivity contribution in [1.29, 1.82) is 0 Å². The number of rotatable bonds is 9. The Kier molecular flexibility index (Phi) is 8.00. The highest BCUT2D eigenvalue weighted by atomic mass is 16.5. The molecule has 31 heavy (non-hydrogen) atoms. The summed E-state index contributed by atoms with van der Waals surface area (Å²) in [7, 11) is 0. The van der Waals surface area contributed by atoms with Gasteiger partial charge in [0.15, 0.2) is 0 Å². The number of ether oxygens (including phenoxy) is 1. The van der Waals surface area contributed by atoms with Gasteiger partial charge < -0.3 is 15.4 Å². The maximum atomic E-state index is 12.2. The Morgan fingerprint density at radius 2 is 1.58 bits per heavy atom. The summed E-state index contributed by atoms with van der Waals surface area (Å²) in [5, 5.41) is 5.50. The van der Waals surface area contributed by atoms with E-state index < -0.39 is 6.04 Å². The molecule has 0 aliphatic carbocycles. The molecule has 0 heterocycles. The molecule has 0 fully saturated rings. The van der Waals surface area contributed by atoms with Crippen molar-refractivity contribution in [3.63, 3.8) is 0 Å². The van der Waals surface area contributed by atoms with Crippen LogP contribution < -0.4 is 15.4 Å². The SMILES string of the molecule is CC(NC(=O)/C=C/c1cccc(OCc2ccccc2)c1)C(=O)NCc1ccccc1. The van der Waals surface area contributed by atoms with E-state index >= 15 is 0 Å². The zero-order valence-electron chi connectivity index (χ0n) is 17.5. The van der Waals surface area contributed by atoms with Crippen molar-refractivity contribution in [2.75, 3.05) is 0 Å². The number of nitrogens with one attached hydrogen (secondary N) is 2. The lowest BCUT2D eigenvalue weighted by Crippen LogP contribution is -2.44. The van der Waals surface area contributed by atoms with E-state index in [0.29, 0.717) is 13.2 Å². The van der Waals surface area contributed by atoms with E-state index in [1.807, 2.05) is 84.9 Å². The lowest BCUT2D eigenvalue weighted by atomic mass is 10.2. The molecular formula is C26H26N2O3. The minimum absolute atomic E-state index is 0.234. The monoisotopic (exact) mass is 414 g/mol. The maximum absolute atomic E-state index is 12.2. The van der Waals surface area contributed by atoms with Crippen molar-refractivity contribution < 1.29 is 14.3 Å². The summed E-state index contributed by atoms with van der Waals surface area (Å²) in [4.78, 5) is 24.4. The summed E-state index contributed by atoms with van der Waals surface area (Å²) in [6.45, 7) is 2.56. The zero-order valence-corrected chi connectivity index (χ0v) is 17.5. The number of amides is 2. The molecule has 0 aliphatic heterocycles. The number of hydrogen-bond donors (Lipinski definition) is 2. The Morgan fingerprint density at radius 3 is 2.29 bits per heavy atom. The first kappa shape index (κ1) is 21.8. The highest BCUT2D eigenvalue weighted by molar-refractivity contribution is 5.95. The van der Waals surface area contributed by atoms with E-state index in [1.165, 1.54) is 6.08 Å². The molecule has 0 saturated heterocycles. The second kappa shape index (κ2) is 11.4. The Bertz CT molecular complexity index is 1020. The molecule has 0 spiro atoms. The molecule has 0 bridgehead atoms. The number of carbonyl (C=O) groups excluding carboxylic acids is 2. The van der Waals surface area contributed by atoms with E-state index in [0.717, 1.165) is 22.4 Å². The smallest absolute Gasteiger partial charge is 0.244 e. The van der Waals surface area contributed by atoms with Gasteiger partial charge >= 0.3 is 0 Å². The van der Waals surface area contributed by atoms with Crippen LogP contribution in [0.15, 0.2) is 91.0 Å². The molecule has 3 aromatic rings. The fourth-order valence-corrected chi connectivity index (χ4v) is 2.89. The van der Waals surface area contributed by atoms with Gasteiger partial charge in [0.1, 0.15) is 18.4 Å². The minimum Gasteiger partial charge on any atom is -0.489 e. The van der Waals surface area contributed by atoms with Crippen LogP contribution in [0.5, 0.6) is 5.75 Å². The van der Waals surface area contributed by atoms with Crippen LogP contribution in [0.25, 0.3) is 6.08 Å². The van der Waals surface area contributed by atoms with Gasteiger partial charge in [-0.1, -0.05) is 72.8 Å². The second-order valence-corrected chi connectivity index (χ2v) is 7.11. The Balaban J connectivity index is 1.47. The Hall–Kier alpha value is -3.86. The van der Waals surface area contributed by atoms with Crippen molar-refractivity contribution in [3.05, 3.63) is 108 Å². The predicted molar refractivity (Wildman–Crippen MR) is 122 cm³/mol. The summed E-state index contributed by atoms with van der Waals surface area (Å²) in [5.41, 5.74) is 2.92. The van der Waals surface area contributed by atoms with E-state index in [1.54, 1.807) is 13.0 Å². The molecule has 3 aromatic carbocycles. The van der Waals surface area contributed by atoms with E-state index in [4.69, 9.17) is 4.74 Å². The van der Waals surface area contributed by atoms with Crippen molar-refractivity contribution in [2.24, 2.45) is 0 Å².